The maximum atomic E-state index is 9.82. The average molecular weight is 293 g/mol. The zero-order valence-corrected chi connectivity index (χ0v) is 11.4. The lowest BCUT2D eigenvalue weighted by Crippen LogP contribution is -2.26. The molecule has 0 radical (unpaired) electrons. The highest BCUT2D eigenvalue weighted by Gasteiger charge is 2.25. The van der Waals surface area contributed by atoms with Crippen molar-refractivity contribution < 1.29 is 5.11 Å². The SMILES string of the molecule is CC(C)(C)C(N)c1cc(Br)cc(Cl)c1O. The number of phenols is 1. The van der Waals surface area contributed by atoms with E-state index in [-0.39, 0.29) is 17.2 Å². The first-order valence-electron chi connectivity index (χ1n) is 4.67. The number of rotatable bonds is 1. The molecule has 0 aliphatic rings. The molecule has 0 saturated heterocycles. The summed E-state index contributed by atoms with van der Waals surface area (Å²) in [6.45, 7) is 6.06. The lowest BCUT2D eigenvalue weighted by molar-refractivity contribution is 0.317. The highest BCUT2D eigenvalue weighted by Crippen LogP contribution is 2.40. The lowest BCUT2D eigenvalue weighted by Gasteiger charge is -2.28. The quantitative estimate of drug-likeness (QED) is 0.826. The lowest BCUT2D eigenvalue weighted by atomic mass is 9.83. The number of nitrogens with two attached hydrogens (primary N) is 1. The van der Waals surface area contributed by atoms with Crippen molar-refractivity contribution in [3.63, 3.8) is 0 Å². The van der Waals surface area contributed by atoms with E-state index in [0.717, 1.165) is 4.47 Å². The van der Waals surface area contributed by atoms with Crippen LogP contribution in [0.3, 0.4) is 0 Å². The first-order chi connectivity index (χ1) is 6.73. The predicted molar refractivity (Wildman–Crippen MR) is 67.2 cm³/mol. The highest BCUT2D eigenvalue weighted by molar-refractivity contribution is 9.10. The Balaban J connectivity index is 3.25. The van der Waals surface area contributed by atoms with Crippen molar-refractivity contribution >= 4 is 27.5 Å². The van der Waals surface area contributed by atoms with Crippen LogP contribution in [0.15, 0.2) is 16.6 Å². The van der Waals surface area contributed by atoms with E-state index >= 15 is 0 Å². The van der Waals surface area contributed by atoms with Gasteiger partial charge in [-0.1, -0.05) is 48.3 Å². The van der Waals surface area contributed by atoms with Crippen LogP contribution >= 0.6 is 27.5 Å². The molecule has 0 heterocycles. The molecule has 84 valence electrons. The molecule has 0 spiro atoms. The van der Waals surface area contributed by atoms with Crippen LogP contribution in [0.25, 0.3) is 0 Å². The second-order valence-corrected chi connectivity index (χ2v) is 5.99. The Bertz CT molecular complexity index is 374. The van der Waals surface area contributed by atoms with Gasteiger partial charge in [0.05, 0.1) is 5.02 Å². The molecule has 0 aliphatic carbocycles. The van der Waals surface area contributed by atoms with Crippen LogP contribution < -0.4 is 5.73 Å². The van der Waals surface area contributed by atoms with E-state index in [2.05, 4.69) is 15.9 Å². The summed E-state index contributed by atoms with van der Waals surface area (Å²) >= 11 is 9.21. The van der Waals surface area contributed by atoms with Gasteiger partial charge in [-0.25, -0.2) is 0 Å². The first-order valence-corrected chi connectivity index (χ1v) is 5.84. The largest absolute Gasteiger partial charge is 0.506 e. The Kier molecular flexibility index (Phi) is 3.69. The standard InChI is InChI=1S/C11H15BrClNO/c1-11(2,3)10(14)7-4-6(12)5-8(13)9(7)15/h4-5,10,15H,14H2,1-3H3. The Morgan fingerprint density at radius 2 is 1.93 bits per heavy atom. The second kappa shape index (κ2) is 4.32. The monoisotopic (exact) mass is 291 g/mol. The van der Waals surface area contributed by atoms with E-state index in [1.165, 1.54) is 0 Å². The fraction of sp³-hybridized carbons (Fsp3) is 0.455. The third kappa shape index (κ3) is 2.86. The molecule has 1 unspecified atom stereocenters. The van der Waals surface area contributed by atoms with Crippen molar-refractivity contribution in [3.8, 4) is 5.75 Å². The molecule has 0 aromatic heterocycles. The van der Waals surface area contributed by atoms with Crippen LogP contribution in [0.5, 0.6) is 5.75 Å². The Labute approximate surface area is 104 Å². The summed E-state index contributed by atoms with van der Waals surface area (Å²) in [5.74, 6) is 0.0716. The molecule has 0 bridgehead atoms. The van der Waals surface area contributed by atoms with Crippen molar-refractivity contribution in [1.82, 2.24) is 0 Å². The maximum Gasteiger partial charge on any atom is 0.139 e. The van der Waals surface area contributed by atoms with Gasteiger partial charge in [0.1, 0.15) is 5.75 Å². The summed E-state index contributed by atoms with van der Waals surface area (Å²) in [7, 11) is 0. The predicted octanol–water partition coefficient (Wildman–Crippen LogP) is 3.85. The summed E-state index contributed by atoms with van der Waals surface area (Å²) in [6, 6.07) is 3.19. The molecule has 0 amide bonds. The van der Waals surface area contributed by atoms with Gasteiger partial charge >= 0.3 is 0 Å². The normalized spacial score (nSPS) is 14.0. The fourth-order valence-electron chi connectivity index (χ4n) is 1.29. The molecule has 4 heteroatoms. The molecule has 3 N–H and O–H groups in total. The molecule has 1 atom stereocenters. The molecule has 1 rings (SSSR count). The number of benzene rings is 1. The summed E-state index contributed by atoms with van der Waals surface area (Å²) in [6.07, 6.45) is 0. The molecule has 0 fully saturated rings. The van der Waals surface area contributed by atoms with Crippen molar-refractivity contribution in [2.45, 2.75) is 26.8 Å². The van der Waals surface area contributed by atoms with Crippen LogP contribution in [0, 0.1) is 5.41 Å². The number of hydrogen-bond donors (Lipinski definition) is 2. The minimum absolute atomic E-state index is 0.0716. The number of phenolic OH excluding ortho intramolecular Hbond substituents is 1. The van der Waals surface area contributed by atoms with Crippen molar-refractivity contribution in [3.05, 3.63) is 27.2 Å². The Morgan fingerprint density at radius 3 is 2.40 bits per heavy atom. The number of halogens is 2. The zero-order chi connectivity index (χ0) is 11.8. The van der Waals surface area contributed by atoms with Gasteiger partial charge in [0.15, 0.2) is 0 Å². The molecular formula is C11H15BrClNO. The van der Waals surface area contributed by atoms with Crippen LogP contribution in [-0.4, -0.2) is 5.11 Å². The van der Waals surface area contributed by atoms with Gasteiger partial charge in [-0.15, -0.1) is 0 Å². The summed E-state index contributed by atoms with van der Waals surface area (Å²) in [5.41, 5.74) is 6.62. The fourth-order valence-corrected chi connectivity index (χ4v) is 2.12. The molecular weight excluding hydrogens is 277 g/mol. The molecule has 0 aliphatic heterocycles. The minimum atomic E-state index is -0.257. The molecule has 0 saturated carbocycles. The molecule has 1 aromatic carbocycles. The van der Waals surface area contributed by atoms with Crippen LogP contribution in [0.4, 0.5) is 0 Å². The second-order valence-electron chi connectivity index (χ2n) is 4.67. The van der Waals surface area contributed by atoms with Crippen molar-refractivity contribution in [2.24, 2.45) is 11.1 Å². The van der Waals surface area contributed by atoms with Crippen LogP contribution in [0.1, 0.15) is 32.4 Å². The van der Waals surface area contributed by atoms with E-state index in [1.54, 1.807) is 12.1 Å². The Hall–Kier alpha value is -0.250. The Morgan fingerprint density at radius 1 is 1.40 bits per heavy atom. The molecule has 15 heavy (non-hydrogen) atoms. The van der Waals surface area contributed by atoms with Gasteiger partial charge in [0.2, 0.25) is 0 Å². The van der Waals surface area contributed by atoms with Crippen LogP contribution in [-0.2, 0) is 0 Å². The smallest absolute Gasteiger partial charge is 0.139 e. The summed E-state index contributed by atoms with van der Waals surface area (Å²) < 4.78 is 0.819. The first kappa shape index (κ1) is 12.8. The maximum absolute atomic E-state index is 9.82. The van der Waals surface area contributed by atoms with Crippen molar-refractivity contribution in [2.75, 3.05) is 0 Å². The van der Waals surface area contributed by atoms with Crippen molar-refractivity contribution in [1.29, 1.82) is 0 Å². The van der Waals surface area contributed by atoms with E-state index in [9.17, 15) is 5.11 Å². The van der Waals surface area contributed by atoms with Gasteiger partial charge in [0.25, 0.3) is 0 Å². The minimum Gasteiger partial charge on any atom is -0.506 e. The number of hydrogen-bond acceptors (Lipinski definition) is 2. The van der Waals surface area contributed by atoms with E-state index in [4.69, 9.17) is 17.3 Å². The zero-order valence-electron chi connectivity index (χ0n) is 9.01. The van der Waals surface area contributed by atoms with Gasteiger partial charge in [-0.05, 0) is 17.5 Å². The van der Waals surface area contributed by atoms with E-state index < -0.39 is 0 Å². The van der Waals surface area contributed by atoms with E-state index in [0.29, 0.717) is 10.6 Å². The summed E-state index contributed by atoms with van der Waals surface area (Å²) in [4.78, 5) is 0. The van der Waals surface area contributed by atoms with Crippen LogP contribution in [0.2, 0.25) is 5.02 Å². The molecule has 2 nitrogen and oxygen atoms in total. The van der Waals surface area contributed by atoms with Gasteiger partial charge < -0.3 is 10.8 Å². The van der Waals surface area contributed by atoms with E-state index in [1.807, 2.05) is 20.8 Å². The summed E-state index contributed by atoms with van der Waals surface area (Å²) in [5, 5.41) is 10.1. The third-order valence-electron chi connectivity index (χ3n) is 2.33. The van der Waals surface area contributed by atoms with Gasteiger partial charge in [-0.2, -0.15) is 0 Å². The molecule has 1 aromatic rings. The third-order valence-corrected chi connectivity index (χ3v) is 3.07. The average Bonchev–Trinajstić information content (AvgIpc) is 2.08. The topological polar surface area (TPSA) is 46.2 Å². The number of aromatic hydroxyl groups is 1. The van der Waals surface area contributed by atoms with Gasteiger partial charge in [0, 0.05) is 16.1 Å². The van der Waals surface area contributed by atoms with Gasteiger partial charge in [-0.3, -0.25) is 0 Å². The highest BCUT2D eigenvalue weighted by atomic mass is 79.9.